The van der Waals surface area contributed by atoms with Crippen molar-refractivity contribution < 1.29 is 9.53 Å². The minimum atomic E-state index is -0.160. The lowest BCUT2D eigenvalue weighted by Crippen LogP contribution is -2.33. The Labute approximate surface area is 142 Å². The highest BCUT2D eigenvalue weighted by Crippen LogP contribution is 2.34. The molecule has 4 nitrogen and oxygen atoms in total. The lowest BCUT2D eigenvalue weighted by Gasteiger charge is -2.27. The predicted octanol–water partition coefficient (Wildman–Crippen LogP) is 3.91. The third-order valence-corrected chi connectivity index (χ3v) is 5.25. The number of ether oxygens (including phenoxy) is 1. The number of amidine groups is 1. The summed E-state index contributed by atoms with van der Waals surface area (Å²) in [5.41, 5.74) is 0.878. The van der Waals surface area contributed by atoms with Gasteiger partial charge >= 0.3 is 0 Å². The van der Waals surface area contributed by atoms with Crippen molar-refractivity contribution in [3.63, 3.8) is 0 Å². The van der Waals surface area contributed by atoms with E-state index in [9.17, 15) is 4.79 Å². The molecule has 2 aliphatic heterocycles. The second-order valence-electron chi connectivity index (χ2n) is 5.24. The molecule has 0 N–H and O–H groups in total. The number of aliphatic imine (C=N–C) groups is 1. The number of benzene rings is 1. The van der Waals surface area contributed by atoms with Crippen molar-refractivity contribution in [3.05, 3.63) is 33.1 Å². The molecule has 6 heteroatoms. The van der Waals surface area contributed by atoms with Gasteiger partial charge in [-0.05, 0) is 55.3 Å². The first kappa shape index (κ1) is 15.6. The molecule has 0 atom stereocenters. The molecule has 1 aromatic rings. The first-order valence-electron chi connectivity index (χ1n) is 7.28. The predicted molar refractivity (Wildman–Crippen MR) is 94.1 cm³/mol. The third-order valence-electron chi connectivity index (χ3n) is 3.71. The number of piperidine rings is 1. The van der Waals surface area contributed by atoms with E-state index in [2.05, 4.69) is 25.8 Å². The molecule has 0 spiro atoms. The lowest BCUT2D eigenvalue weighted by atomic mass is 10.1. The summed E-state index contributed by atoms with van der Waals surface area (Å²) in [6.45, 7) is 1.99. The Bertz CT molecular complexity index is 652. The van der Waals surface area contributed by atoms with Crippen LogP contribution in [0.2, 0.25) is 0 Å². The number of thioether (sulfide) groups is 1. The summed E-state index contributed by atoms with van der Waals surface area (Å²) in [4.78, 5) is 19.2. The first-order valence-corrected chi connectivity index (χ1v) is 8.89. The topological polar surface area (TPSA) is 41.9 Å². The molecule has 1 fully saturated rings. The van der Waals surface area contributed by atoms with Crippen LogP contribution in [0, 0.1) is 0 Å². The van der Waals surface area contributed by atoms with Crippen LogP contribution in [0.25, 0.3) is 6.08 Å². The van der Waals surface area contributed by atoms with Crippen molar-refractivity contribution in [2.75, 3.05) is 20.2 Å². The normalized spacial score (nSPS) is 20.5. The van der Waals surface area contributed by atoms with E-state index in [1.54, 1.807) is 7.11 Å². The molecule has 0 unspecified atom stereocenters. The summed E-state index contributed by atoms with van der Waals surface area (Å²) >= 11 is 4.91. The van der Waals surface area contributed by atoms with Crippen LogP contribution in [0.1, 0.15) is 24.8 Å². The number of rotatable bonds is 2. The Hall–Kier alpha value is -1.27. The van der Waals surface area contributed by atoms with Gasteiger partial charge in [-0.3, -0.25) is 4.79 Å². The molecule has 22 heavy (non-hydrogen) atoms. The molecule has 0 saturated carbocycles. The van der Waals surface area contributed by atoms with E-state index in [1.807, 2.05) is 24.3 Å². The molecule has 0 radical (unpaired) electrons. The zero-order chi connectivity index (χ0) is 15.5. The van der Waals surface area contributed by atoms with Gasteiger partial charge in [-0.15, -0.1) is 0 Å². The van der Waals surface area contributed by atoms with Crippen LogP contribution in [0.4, 0.5) is 0 Å². The number of carbonyl (C=O) groups excluding carboxylic acids is 1. The quantitative estimate of drug-likeness (QED) is 0.729. The Morgan fingerprint density at radius 1 is 1.32 bits per heavy atom. The minimum absolute atomic E-state index is 0.160. The van der Waals surface area contributed by atoms with E-state index < -0.39 is 0 Å². The summed E-state index contributed by atoms with van der Waals surface area (Å²) in [5, 5.41) is 0.838. The van der Waals surface area contributed by atoms with Gasteiger partial charge in [0.15, 0.2) is 5.17 Å². The molecule has 2 heterocycles. The fourth-order valence-electron chi connectivity index (χ4n) is 2.58. The third kappa shape index (κ3) is 3.38. The van der Waals surface area contributed by atoms with Gasteiger partial charge in [0.05, 0.1) is 12.0 Å². The van der Waals surface area contributed by atoms with E-state index >= 15 is 0 Å². The summed E-state index contributed by atoms with van der Waals surface area (Å²) < 4.78 is 6.31. The Kier molecular flexibility index (Phi) is 4.88. The van der Waals surface area contributed by atoms with Crippen molar-refractivity contribution in [1.82, 2.24) is 4.90 Å². The number of halogens is 1. The average molecular weight is 381 g/mol. The molecule has 0 aromatic heterocycles. The van der Waals surface area contributed by atoms with Gasteiger partial charge in [-0.1, -0.05) is 15.9 Å². The van der Waals surface area contributed by atoms with E-state index in [0.717, 1.165) is 34.0 Å². The van der Waals surface area contributed by atoms with Gasteiger partial charge in [0.2, 0.25) is 0 Å². The second-order valence-corrected chi connectivity index (χ2v) is 7.17. The molecule has 1 saturated heterocycles. The van der Waals surface area contributed by atoms with Crippen molar-refractivity contribution >= 4 is 44.8 Å². The molecule has 0 aliphatic carbocycles. The van der Waals surface area contributed by atoms with E-state index in [4.69, 9.17) is 4.74 Å². The standard InChI is InChI=1S/C16H17BrN2O2S/c1-21-13-6-5-12(17)9-11(13)10-14-15(20)18-16(22-14)19-7-3-2-4-8-19/h5-6,9-10H,2-4,7-8H2,1H3. The van der Waals surface area contributed by atoms with Crippen LogP contribution in [0.3, 0.4) is 0 Å². The fourth-order valence-corrected chi connectivity index (χ4v) is 3.91. The van der Waals surface area contributed by atoms with Crippen LogP contribution in [0.15, 0.2) is 32.6 Å². The number of likely N-dealkylation sites (tertiary alicyclic amines) is 1. The van der Waals surface area contributed by atoms with Gasteiger partial charge in [0, 0.05) is 23.1 Å². The lowest BCUT2D eigenvalue weighted by molar-refractivity contribution is -0.113. The van der Waals surface area contributed by atoms with Crippen molar-refractivity contribution in [1.29, 1.82) is 0 Å². The summed E-state index contributed by atoms with van der Waals surface area (Å²) in [5.74, 6) is 0.586. The SMILES string of the molecule is COc1ccc(Br)cc1C=C1SC(N2CCCCC2)=NC1=O. The Balaban J connectivity index is 1.82. The number of hydrogen-bond donors (Lipinski definition) is 0. The summed E-state index contributed by atoms with van der Waals surface area (Å²) in [6, 6.07) is 5.74. The highest BCUT2D eigenvalue weighted by molar-refractivity contribution is 9.10. The molecular weight excluding hydrogens is 364 g/mol. The van der Waals surface area contributed by atoms with Crippen LogP contribution >= 0.6 is 27.7 Å². The molecule has 1 amide bonds. The number of hydrogen-bond acceptors (Lipinski definition) is 4. The van der Waals surface area contributed by atoms with E-state index in [0.29, 0.717) is 4.91 Å². The van der Waals surface area contributed by atoms with Crippen molar-refractivity contribution in [2.24, 2.45) is 4.99 Å². The average Bonchev–Trinajstić information content (AvgIpc) is 2.90. The largest absolute Gasteiger partial charge is 0.496 e. The highest BCUT2D eigenvalue weighted by atomic mass is 79.9. The molecular formula is C16H17BrN2O2S. The van der Waals surface area contributed by atoms with Gasteiger partial charge in [0.1, 0.15) is 5.75 Å². The molecule has 116 valence electrons. The van der Waals surface area contributed by atoms with Gasteiger partial charge < -0.3 is 9.64 Å². The monoisotopic (exact) mass is 380 g/mol. The van der Waals surface area contributed by atoms with Gasteiger partial charge in [-0.2, -0.15) is 4.99 Å². The second kappa shape index (κ2) is 6.87. The zero-order valence-corrected chi connectivity index (χ0v) is 14.7. The Morgan fingerprint density at radius 3 is 2.82 bits per heavy atom. The van der Waals surface area contributed by atoms with Gasteiger partial charge in [0.25, 0.3) is 5.91 Å². The molecule has 0 bridgehead atoms. The maximum absolute atomic E-state index is 12.2. The van der Waals surface area contributed by atoms with Crippen LogP contribution in [-0.2, 0) is 4.79 Å². The maximum Gasteiger partial charge on any atom is 0.286 e. The number of nitrogens with zero attached hydrogens (tertiary/aromatic N) is 2. The molecule has 3 rings (SSSR count). The summed E-state index contributed by atoms with van der Waals surface area (Å²) in [7, 11) is 1.63. The Morgan fingerprint density at radius 2 is 2.09 bits per heavy atom. The maximum atomic E-state index is 12.2. The summed E-state index contributed by atoms with van der Waals surface area (Å²) in [6.07, 6.45) is 5.47. The molecule has 1 aromatic carbocycles. The number of amides is 1. The minimum Gasteiger partial charge on any atom is -0.496 e. The van der Waals surface area contributed by atoms with E-state index in [1.165, 1.54) is 31.0 Å². The van der Waals surface area contributed by atoms with Gasteiger partial charge in [-0.25, -0.2) is 0 Å². The molecule has 2 aliphatic rings. The van der Waals surface area contributed by atoms with Crippen LogP contribution in [0.5, 0.6) is 5.75 Å². The van der Waals surface area contributed by atoms with Crippen LogP contribution < -0.4 is 4.74 Å². The highest BCUT2D eigenvalue weighted by Gasteiger charge is 2.27. The smallest absolute Gasteiger partial charge is 0.286 e. The fraction of sp³-hybridized carbons (Fsp3) is 0.375. The number of carbonyl (C=O) groups is 1. The zero-order valence-electron chi connectivity index (χ0n) is 12.3. The van der Waals surface area contributed by atoms with Crippen molar-refractivity contribution in [3.8, 4) is 5.75 Å². The van der Waals surface area contributed by atoms with Crippen LogP contribution in [-0.4, -0.2) is 36.2 Å². The van der Waals surface area contributed by atoms with E-state index in [-0.39, 0.29) is 5.91 Å². The first-order chi connectivity index (χ1) is 10.7. The van der Waals surface area contributed by atoms with Crippen molar-refractivity contribution in [2.45, 2.75) is 19.3 Å². The number of methoxy groups -OCH3 is 1.